The maximum atomic E-state index is 12.9. The lowest BCUT2D eigenvalue weighted by atomic mass is 10.0. The van der Waals surface area contributed by atoms with Gasteiger partial charge in [-0.15, -0.1) is 0 Å². The third-order valence-electron chi connectivity index (χ3n) is 4.52. The molecule has 5 heteroatoms. The van der Waals surface area contributed by atoms with E-state index in [1.54, 1.807) is 6.21 Å². The van der Waals surface area contributed by atoms with Crippen LogP contribution in [0.2, 0.25) is 0 Å². The van der Waals surface area contributed by atoms with Crippen LogP contribution in [0.25, 0.3) is 0 Å². The van der Waals surface area contributed by atoms with Gasteiger partial charge in [0.1, 0.15) is 0 Å². The number of amides is 2. The molecule has 0 radical (unpaired) electrons. The monoisotopic (exact) mass is 294 g/mol. The van der Waals surface area contributed by atoms with Gasteiger partial charge in [0.25, 0.3) is 0 Å². The fourth-order valence-corrected chi connectivity index (χ4v) is 3.39. The summed E-state index contributed by atoms with van der Waals surface area (Å²) in [7, 11) is 0. The predicted octanol–water partition coefficient (Wildman–Crippen LogP) is 2.97. The van der Waals surface area contributed by atoms with Crippen molar-refractivity contribution in [3.8, 4) is 0 Å². The van der Waals surface area contributed by atoms with E-state index < -0.39 is 0 Å². The number of nitrogens with zero attached hydrogens (tertiary/aromatic N) is 4. The Morgan fingerprint density at radius 1 is 1.18 bits per heavy atom. The molecule has 22 heavy (non-hydrogen) atoms. The Kier molecular flexibility index (Phi) is 3.25. The van der Waals surface area contributed by atoms with Crippen LogP contribution in [0.5, 0.6) is 0 Å². The van der Waals surface area contributed by atoms with Gasteiger partial charge in [-0.3, -0.25) is 4.90 Å². The Hall–Kier alpha value is -2.43. The van der Waals surface area contributed by atoms with Crippen molar-refractivity contribution in [2.45, 2.75) is 25.3 Å². The van der Waals surface area contributed by atoms with Crippen molar-refractivity contribution < 1.29 is 4.79 Å². The minimum absolute atomic E-state index is 0.0956. The molecule has 1 saturated heterocycles. The van der Waals surface area contributed by atoms with E-state index in [1.807, 2.05) is 34.2 Å². The Bertz CT molecular complexity index is 677. The van der Waals surface area contributed by atoms with Crippen LogP contribution in [-0.4, -0.2) is 40.8 Å². The minimum Gasteiger partial charge on any atom is -0.317 e. The van der Waals surface area contributed by atoms with E-state index in [4.69, 9.17) is 0 Å². The molecule has 5 nitrogen and oxygen atoms in total. The summed E-state index contributed by atoms with van der Waals surface area (Å²) >= 11 is 0. The van der Waals surface area contributed by atoms with Gasteiger partial charge in [0.05, 0.1) is 18.0 Å². The van der Waals surface area contributed by atoms with E-state index in [0.29, 0.717) is 6.54 Å². The van der Waals surface area contributed by atoms with Crippen LogP contribution in [-0.2, 0) is 0 Å². The Morgan fingerprint density at radius 2 is 2.05 bits per heavy atom. The van der Waals surface area contributed by atoms with Gasteiger partial charge in [-0.2, -0.15) is 10.2 Å². The second-order valence-electron chi connectivity index (χ2n) is 5.86. The van der Waals surface area contributed by atoms with E-state index in [0.717, 1.165) is 37.1 Å². The van der Waals surface area contributed by atoms with Gasteiger partial charge in [0.15, 0.2) is 0 Å². The van der Waals surface area contributed by atoms with Gasteiger partial charge < -0.3 is 4.90 Å². The number of rotatable bonds is 1. The zero-order valence-electron chi connectivity index (χ0n) is 12.4. The van der Waals surface area contributed by atoms with E-state index in [-0.39, 0.29) is 12.1 Å². The van der Waals surface area contributed by atoms with Crippen molar-refractivity contribution in [1.29, 1.82) is 0 Å². The van der Waals surface area contributed by atoms with Crippen molar-refractivity contribution in [2.24, 2.45) is 10.2 Å². The summed E-state index contributed by atoms with van der Waals surface area (Å²) in [5, 5.41) is 8.00. The molecule has 1 fully saturated rings. The summed E-state index contributed by atoms with van der Waals surface area (Å²) in [5.41, 5.74) is 3.18. The van der Waals surface area contributed by atoms with Crippen molar-refractivity contribution in [1.82, 2.24) is 9.80 Å². The third kappa shape index (κ3) is 2.22. The van der Waals surface area contributed by atoms with Crippen molar-refractivity contribution in [3.05, 3.63) is 47.7 Å². The average molecular weight is 294 g/mol. The van der Waals surface area contributed by atoms with E-state index in [2.05, 4.69) is 22.3 Å². The summed E-state index contributed by atoms with van der Waals surface area (Å²) < 4.78 is 0. The van der Waals surface area contributed by atoms with Gasteiger partial charge in [-0.05, 0) is 18.4 Å². The lowest BCUT2D eigenvalue weighted by molar-refractivity contribution is 0.164. The van der Waals surface area contributed by atoms with Crippen molar-refractivity contribution in [2.75, 3.05) is 13.1 Å². The highest BCUT2D eigenvalue weighted by Crippen LogP contribution is 2.33. The molecule has 0 spiro atoms. The van der Waals surface area contributed by atoms with Crippen LogP contribution in [0.15, 0.2) is 52.3 Å². The third-order valence-corrected chi connectivity index (χ3v) is 4.52. The zero-order valence-corrected chi connectivity index (χ0v) is 12.4. The highest BCUT2D eigenvalue weighted by atomic mass is 16.2. The molecule has 2 amide bonds. The number of likely N-dealkylation sites (tertiary alicyclic amines) is 1. The molecule has 1 aromatic rings. The van der Waals surface area contributed by atoms with Crippen LogP contribution in [0, 0.1) is 0 Å². The van der Waals surface area contributed by atoms with Crippen LogP contribution < -0.4 is 0 Å². The fraction of sp³-hybridized carbons (Fsp3) is 0.353. The number of fused-ring (bicyclic) bond motifs is 1. The number of carbonyl (C=O) groups excluding carboxylic acids is 1. The fourth-order valence-electron chi connectivity index (χ4n) is 3.39. The van der Waals surface area contributed by atoms with Crippen molar-refractivity contribution in [3.63, 3.8) is 0 Å². The molecule has 3 aliphatic heterocycles. The number of urea groups is 1. The lowest BCUT2D eigenvalue weighted by Crippen LogP contribution is -2.42. The quantitative estimate of drug-likeness (QED) is 0.785. The van der Waals surface area contributed by atoms with Gasteiger partial charge in [0.2, 0.25) is 0 Å². The topological polar surface area (TPSA) is 48.3 Å². The smallest absolute Gasteiger partial charge is 0.317 e. The maximum Gasteiger partial charge on any atom is 0.324 e. The Balaban J connectivity index is 1.56. The maximum absolute atomic E-state index is 12.9. The molecule has 1 unspecified atom stereocenters. The highest BCUT2D eigenvalue weighted by Gasteiger charge is 2.33. The molecule has 3 aliphatic rings. The highest BCUT2D eigenvalue weighted by molar-refractivity contribution is 6.19. The van der Waals surface area contributed by atoms with Gasteiger partial charge in [0, 0.05) is 31.3 Å². The van der Waals surface area contributed by atoms with Gasteiger partial charge in [-0.1, -0.05) is 30.3 Å². The second-order valence-corrected chi connectivity index (χ2v) is 5.86. The average Bonchev–Trinajstić information content (AvgIpc) is 3.23. The number of benzene rings is 1. The molecule has 4 rings (SSSR count). The predicted molar refractivity (Wildman–Crippen MR) is 85.9 cm³/mol. The van der Waals surface area contributed by atoms with Crippen LogP contribution >= 0.6 is 0 Å². The summed E-state index contributed by atoms with van der Waals surface area (Å²) in [6, 6.07) is 10.6. The summed E-state index contributed by atoms with van der Waals surface area (Å²) in [5.74, 6) is 0. The molecule has 0 saturated carbocycles. The summed E-state index contributed by atoms with van der Waals surface area (Å²) in [6.07, 6.45) is 6.49. The van der Waals surface area contributed by atoms with E-state index in [9.17, 15) is 4.79 Å². The number of hydrogen-bond acceptors (Lipinski definition) is 3. The van der Waals surface area contributed by atoms with E-state index >= 15 is 0 Å². The van der Waals surface area contributed by atoms with Gasteiger partial charge in [-0.25, -0.2) is 4.79 Å². The molecule has 0 aromatic heterocycles. The summed E-state index contributed by atoms with van der Waals surface area (Å²) in [4.78, 5) is 16.7. The first-order valence-electron chi connectivity index (χ1n) is 7.77. The SMILES string of the molecule is O=C(N1C=C2C=NN=C2CC1)N1CCCC1c1ccccc1. The van der Waals surface area contributed by atoms with Crippen LogP contribution in [0.1, 0.15) is 30.9 Å². The van der Waals surface area contributed by atoms with Crippen molar-refractivity contribution >= 4 is 18.0 Å². The molecular formula is C17H18N4O. The number of carbonyl (C=O) groups is 1. The normalized spacial score (nSPS) is 23.4. The minimum atomic E-state index is 0.0956. The first kappa shape index (κ1) is 13.2. The Morgan fingerprint density at radius 3 is 2.91 bits per heavy atom. The standard InChI is InChI=1S/C17H18N4O/c22-17(20-10-8-15-14(12-20)11-18-19-15)21-9-4-7-16(21)13-5-2-1-3-6-13/h1-3,5-6,11-12,16H,4,7-10H2. The molecule has 1 aromatic carbocycles. The van der Waals surface area contributed by atoms with Crippen LogP contribution in [0.3, 0.4) is 0 Å². The Labute approximate surface area is 129 Å². The molecule has 3 heterocycles. The van der Waals surface area contributed by atoms with Gasteiger partial charge >= 0.3 is 6.03 Å². The summed E-state index contributed by atoms with van der Waals surface area (Å²) in [6.45, 7) is 1.51. The molecule has 112 valence electrons. The first-order chi connectivity index (χ1) is 10.8. The first-order valence-corrected chi connectivity index (χ1v) is 7.77. The molecular weight excluding hydrogens is 276 g/mol. The molecule has 1 atom stereocenters. The molecule has 0 aliphatic carbocycles. The van der Waals surface area contributed by atoms with E-state index in [1.165, 1.54) is 5.56 Å². The number of allylic oxidation sites excluding steroid dienone is 1. The zero-order chi connectivity index (χ0) is 14.9. The second kappa shape index (κ2) is 5.40. The largest absolute Gasteiger partial charge is 0.324 e. The van der Waals surface area contributed by atoms with Crippen LogP contribution in [0.4, 0.5) is 4.79 Å². The molecule has 0 bridgehead atoms. The number of hydrogen-bond donors (Lipinski definition) is 0. The lowest BCUT2D eigenvalue weighted by Gasteiger charge is -2.32. The molecule has 0 N–H and O–H groups in total.